The Bertz CT molecular complexity index is 1230. The van der Waals surface area contributed by atoms with E-state index in [0.717, 1.165) is 23.6 Å². The van der Waals surface area contributed by atoms with Gasteiger partial charge >= 0.3 is 5.97 Å². The number of benzene rings is 1. The van der Waals surface area contributed by atoms with Gasteiger partial charge in [-0.25, -0.2) is 17.5 Å². The van der Waals surface area contributed by atoms with E-state index < -0.39 is 27.3 Å². The van der Waals surface area contributed by atoms with Crippen LogP contribution in [0, 0.1) is 27.6 Å². The number of esters is 1. The lowest BCUT2D eigenvalue weighted by atomic mass is 9.63. The second kappa shape index (κ2) is 9.11. The molecule has 7 heteroatoms. The molecule has 0 unspecified atom stereocenters. The van der Waals surface area contributed by atoms with E-state index in [0.29, 0.717) is 18.8 Å². The van der Waals surface area contributed by atoms with Gasteiger partial charge in [0.15, 0.2) is 0 Å². The molecule has 37 heavy (non-hydrogen) atoms. The van der Waals surface area contributed by atoms with Gasteiger partial charge in [0.2, 0.25) is 10.0 Å². The lowest BCUT2D eigenvalue weighted by molar-refractivity contribution is 0.0377. The average molecular weight is 528 g/mol. The standard InChI is InChI=1S/C30H41NO5S/c1-8-15-27(3,4)29(7,9-2)17-18-36-26(33)23-13-11-10-12-22(23)25(32)31-24-19-21-14-16-30(24,28(21,5)6)20-37(31,34)35/h8-13,21,24H,1-2,14-20H2,3-7H3/t21-,24-,29-,30-/m1/s1. The molecule has 0 aromatic heterocycles. The van der Waals surface area contributed by atoms with Crippen molar-refractivity contribution in [1.29, 1.82) is 0 Å². The molecule has 1 amide bonds. The second-order valence-corrected chi connectivity index (χ2v) is 14.5. The Morgan fingerprint density at radius 2 is 1.81 bits per heavy atom. The Kier molecular flexibility index (Phi) is 6.80. The summed E-state index contributed by atoms with van der Waals surface area (Å²) in [5.74, 6) is -0.863. The molecule has 2 saturated carbocycles. The molecule has 3 fully saturated rings. The highest BCUT2D eigenvalue weighted by Crippen LogP contribution is 2.70. The van der Waals surface area contributed by atoms with Crippen molar-refractivity contribution in [2.24, 2.45) is 27.6 Å². The van der Waals surface area contributed by atoms with Crippen LogP contribution in [0.25, 0.3) is 0 Å². The van der Waals surface area contributed by atoms with E-state index in [-0.39, 0.29) is 45.8 Å². The van der Waals surface area contributed by atoms with Gasteiger partial charge in [0.1, 0.15) is 0 Å². The lowest BCUT2D eigenvalue weighted by Crippen LogP contribution is -2.44. The molecular weight excluding hydrogens is 486 g/mol. The van der Waals surface area contributed by atoms with Crippen LogP contribution in [0.15, 0.2) is 49.6 Å². The molecule has 1 aromatic carbocycles. The van der Waals surface area contributed by atoms with Gasteiger partial charge in [-0.2, -0.15) is 0 Å². The van der Waals surface area contributed by atoms with E-state index in [1.165, 1.54) is 12.1 Å². The van der Waals surface area contributed by atoms with E-state index in [9.17, 15) is 18.0 Å². The Labute approximate surface area is 222 Å². The molecule has 2 bridgehead atoms. The van der Waals surface area contributed by atoms with E-state index in [1.807, 2.05) is 12.2 Å². The third kappa shape index (κ3) is 4.08. The van der Waals surface area contributed by atoms with Gasteiger partial charge in [-0.05, 0) is 66.4 Å². The smallest absolute Gasteiger partial charge is 0.338 e. The molecule has 6 nitrogen and oxygen atoms in total. The molecule has 4 atom stereocenters. The van der Waals surface area contributed by atoms with Gasteiger partial charge in [-0.3, -0.25) is 4.79 Å². The topological polar surface area (TPSA) is 80.8 Å². The number of rotatable bonds is 9. The fourth-order valence-corrected chi connectivity index (χ4v) is 9.79. The van der Waals surface area contributed by atoms with Crippen LogP contribution < -0.4 is 0 Å². The monoisotopic (exact) mass is 527 g/mol. The maximum Gasteiger partial charge on any atom is 0.338 e. The van der Waals surface area contributed by atoms with Crippen molar-refractivity contribution in [3.8, 4) is 0 Å². The van der Waals surface area contributed by atoms with E-state index in [4.69, 9.17) is 4.74 Å². The van der Waals surface area contributed by atoms with Crippen molar-refractivity contribution in [3.63, 3.8) is 0 Å². The third-order valence-electron chi connectivity index (χ3n) is 10.5. The summed E-state index contributed by atoms with van der Waals surface area (Å²) < 4.78 is 33.5. The first-order chi connectivity index (χ1) is 17.2. The normalized spacial score (nSPS) is 28.8. The van der Waals surface area contributed by atoms with Crippen molar-refractivity contribution in [2.75, 3.05) is 12.4 Å². The Morgan fingerprint density at radius 3 is 2.41 bits per heavy atom. The predicted molar refractivity (Wildman–Crippen MR) is 146 cm³/mol. The minimum Gasteiger partial charge on any atom is -0.462 e. The van der Waals surface area contributed by atoms with Crippen molar-refractivity contribution in [1.82, 2.24) is 4.31 Å². The number of amides is 1. The fourth-order valence-electron chi connectivity index (χ4n) is 7.27. The van der Waals surface area contributed by atoms with Crippen LogP contribution in [0.1, 0.15) is 87.4 Å². The summed E-state index contributed by atoms with van der Waals surface area (Å²) in [5, 5.41) is 0. The maximum atomic E-state index is 13.8. The van der Waals surface area contributed by atoms with Crippen LogP contribution in [0.3, 0.4) is 0 Å². The molecule has 1 saturated heterocycles. The molecule has 0 radical (unpaired) electrons. The zero-order valence-electron chi connectivity index (χ0n) is 22.9. The molecule has 0 N–H and O–H groups in total. The number of nitrogens with zero attached hydrogens (tertiary/aromatic N) is 1. The number of sulfonamides is 1. The first-order valence-corrected chi connectivity index (χ1v) is 14.9. The zero-order valence-corrected chi connectivity index (χ0v) is 23.7. The van der Waals surface area contributed by atoms with Crippen molar-refractivity contribution < 1.29 is 22.7 Å². The molecule has 1 spiro atoms. The van der Waals surface area contributed by atoms with E-state index >= 15 is 0 Å². The van der Waals surface area contributed by atoms with Crippen LogP contribution >= 0.6 is 0 Å². The zero-order chi connectivity index (χ0) is 27.4. The average Bonchev–Trinajstić information content (AvgIpc) is 3.31. The number of ether oxygens (including phenoxy) is 1. The van der Waals surface area contributed by atoms with Crippen LogP contribution in [0.2, 0.25) is 0 Å². The summed E-state index contributed by atoms with van der Waals surface area (Å²) in [6, 6.07) is 6.02. The number of carbonyl (C=O) groups is 2. The van der Waals surface area contributed by atoms with Gasteiger partial charge in [0, 0.05) is 5.41 Å². The van der Waals surface area contributed by atoms with Crippen LogP contribution in [-0.2, 0) is 14.8 Å². The van der Waals surface area contributed by atoms with Gasteiger partial charge in [0.25, 0.3) is 5.91 Å². The van der Waals surface area contributed by atoms with E-state index in [2.05, 4.69) is 47.8 Å². The van der Waals surface area contributed by atoms with Gasteiger partial charge in [-0.15, -0.1) is 13.2 Å². The Morgan fingerprint density at radius 1 is 1.16 bits per heavy atom. The van der Waals surface area contributed by atoms with Crippen LogP contribution in [0.5, 0.6) is 0 Å². The first kappa shape index (κ1) is 27.6. The second-order valence-electron chi connectivity index (χ2n) is 12.7. The number of fused-ring (bicyclic) bond motifs is 1. The predicted octanol–water partition coefficient (Wildman–Crippen LogP) is 6.01. The summed E-state index contributed by atoms with van der Waals surface area (Å²) in [5.41, 5.74) is -0.831. The van der Waals surface area contributed by atoms with Crippen molar-refractivity contribution >= 4 is 21.9 Å². The molecule has 3 aliphatic rings. The van der Waals surface area contributed by atoms with E-state index in [1.54, 1.807) is 12.1 Å². The van der Waals surface area contributed by atoms with Gasteiger partial charge < -0.3 is 4.74 Å². The summed E-state index contributed by atoms with van der Waals surface area (Å²) in [4.78, 5) is 27.0. The first-order valence-electron chi connectivity index (χ1n) is 13.2. The Hall–Kier alpha value is -2.41. The number of allylic oxidation sites excluding steroid dienone is 2. The Balaban J connectivity index is 1.55. The van der Waals surface area contributed by atoms with Gasteiger partial charge in [0.05, 0.1) is 29.5 Å². The molecule has 4 rings (SSSR count). The SMILES string of the molecule is C=CCC(C)(C)[C@](C)(C=C)CCOC(=O)c1ccccc1C(=O)N1[C@@H]2C[C@H]3CC[C@]2(CS1(=O)=O)C3(C)C. The van der Waals surface area contributed by atoms with Crippen LogP contribution in [-0.4, -0.2) is 43.0 Å². The van der Waals surface area contributed by atoms with Crippen molar-refractivity contribution in [2.45, 2.75) is 72.8 Å². The number of hydrogen-bond acceptors (Lipinski definition) is 5. The quantitative estimate of drug-likeness (QED) is 0.290. The maximum absolute atomic E-state index is 13.8. The molecule has 1 heterocycles. The highest BCUT2D eigenvalue weighted by Gasteiger charge is 2.72. The third-order valence-corrected chi connectivity index (χ3v) is 12.4. The van der Waals surface area contributed by atoms with Crippen molar-refractivity contribution in [3.05, 3.63) is 60.7 Å². The highest BCUT2D eigenvalue weighted by atomic mass is 32.2. The summed E-state index contributed by atoms with van der Waals surface area (Å²) in [6.45, 7) is 18.6. The van der Waals surface area contributed by atoms with Crippen LogP contribution in [0.4, 0.5) is 0 Å². The van der Waals surface area contributed by atoms with Gasteiger partial charge in [-0.1, -0.05) is 58.9 Å². The fraction of sp³-hybridized carbons (Fsp3) is 0.600. The summed E-state index contributed by atoms with van der Waals surface area (Å²) in [7, 11) is -3.80. The summed E-state index contributed by atoms with van der Waals surface area (Å²) in [6.07, 6.45) is 7.61. The minimum absolute atomic E-state index is 0.00680. The molecule has 2 aliphatic carbocycles. The lowest BCUT2D eigenvalue weighted by Gasteiger charge is -2.42. The number of hydrogen-bond donors (Lipinski definition) is 0. The molecule has 1 aliphatic heterocycles. The minimum atomic E-state index is -3.80. The molecular formula is C30H41NO5S. The summed E-state index contributed by atoms with van der Waals surface area (Å²) >= 11 is 0. The molecule has 1 aromatic rings. The highest BCUT2D eigenvalue weighted by molar-refractivity contribution is 7.90. The number of carbonyl (C=O) groups excluding carboxylic acids is 2. The largest absolute Gasteiger partial charge is 0.462 e. The molecule has 202 valence electrons.